The molecule has 0 aromatic carbocycles. The average molecular weight is 188 g/mol. The zero-order valence-corrected chi connectivity index (χ0v) is 8.29. The van der Waals surface area contributed by atoms with Crippen molar-refractivity contribution in [3.05, 3.63) is 30.1 Å². The third-order valence-corrected chi connectivity index (χ3v) is 3.41. The molecule has 2 bridgehead atoms. The standard InChI is InChI=1S/C12H16N2/c1-4-14-12-6-9(1)5-11(7-12)10-2-3-13-8-10/h2-3,5,8-9,12-14H,1,4,6-7H2. The maximum Gasteiger partial charge on any atom is 0.0113 e. The number of hydrogen-bond acceptors (Lipinski definition) is 1. The number of aromatic amines is 1. The Labute approximate surface area is 84.4 Å². The first-order valence-corrected chi connectivity index (χ1v) is 5.49. The van der Waals surface area contributed by atoms with E-state index in [-0.39, 0.29) is 0 Å². The van der Waals surface area contributed by atoms with Crippen molar-refractivity contribution < 1.29 is 0 Å². The summed E-state index contributed by atoms with van der Waals surface area (Å²) >= 11 is 0. The molecule has 1 aromatic heterocycles. The van der Waals surface area contributed by atoms with Crippen LogP contribution in [-0.2, 0) is 0 Å². The van der Waals surface area contributed by atoms with Gasteiger partial charge in [-0.15, -0.1) is 0 Å². The van der Waals surface area contributed by atoms with Crippen molar-refractivity contribution in [2.24, 2.45) is 5.92 Å². The molecule has 2 nitrogen and oxygen atoms in total. The van der Waals surface area contributed by atoms with Crippen molar-refractivity contribution in [3.8, 4) is 0 Å². The Morgan fingerprint density at radius 2 is 2.36 bits per heavy atom. The van der Waals surface area contributed by atoms with Crippen molar-refractivity contribution >= 4 is 5.57 Å². The number of allylic oxidation sites excluding steroid dienone is 1. The zero-order chi connectivity index (χ0) is 9.38. The van der Waals surface area contributed by atoms with E-state index in [4.69, 9.17) is 0 Å². The quantitative estimate of drug-likeness (QED) is 0.694. The van der Waals surface area contributed by atoms with E-state index in [2.05, 4.69) is 28.6 Å². The van der Waals surface area contributed by atoms with Crippen molar-refractivity contribution in [3.63, 3.8) is 0 Å². The molecule has 2 heterocycles. The molecular formula is C12H16N2. The molecule has 0 amide bonds. The van der Waals surface area contributed by atoms with Gasteiger partial charge in [0.2, 0.25) is 0 Å². The van der Waals surface area contributed by atoms with Crippen molar-refractivity contribution in [1.82, 2.24) is 10.3 Å². The van der Waals surface area contributed by atoms with Crippen molar-refractivity contribution in [2.45, 2.75) is 25.3 Å². The van der Waals surface area contributed by atoms with Crippen LogP contribution in [0.4, 0.5) is 0 Å². The predicted octanol–water partition coefficient (Wildman–Crippen LogP) is 2.17. The van der Waals surface area contributed by atoms with Crippen molar-refractivity contribution in [1.29, 1.82) is 0 Å². The molecule has 2 N–H and O–H groups in total. The van der Waals surface area contributed by atoms with Crippen LogP contribution in [0.25, 0.3) is 5.57 Å². The topological polar surface area (TPSA) is 27.8 Å². The maximum absolute atomic E-state index is 3.59. The van der Waals surface area contributed by atoms with Gasteiger partial charge in [0.1, 0.15) is 0 Å². The zero-order valence-electron chi connectivity index (χ0n) is 8.29. The van der Waals surface area contributed by atoms with E-state index in [0.29, 0.717) is 0 Å². The van der Waals surface area contributed by atoms with E-state index in [1.54, 1.807) is 0 Å². The van der Waals surface area contributed by atoms with Gasteiger partial charge in [-0.05, 0) is 48.9 Å². The van der Waals surface area contributed by atoms with Crippen LogP contribution in [0, 0.1) is 5.92 Å². The fraction of sp³-hybridized carbons (Fsp3) is 0.500. The first-order chi connectivity index (χ1) is 6.92. The van der Waals surface area contributed by atoms with Crippen LogP contribution < -0.4 is 5.32 Å². The monoisotopic (exact) mass is 188 g/mol. The van der Waals surface area contributed by atoms with E-state index in [1.807, 2.05) is 6.20 Å². The van der Waals surface area contributed by atoms with Crippen LogP contribution >= 0.6 is 0 Å². The maximum atomic E-state index is 3.59. The normalized spacial score (nSPS) is 31.3. The lowest BCUT2D eigenvalue weighted by Gasteiger charge is -2.34. The lowest BCUT2D eigenvalue weighted by atomic mass is 9.80. The molecule has 3 rings (SSSR count). The first kappa shape index (κ1) is 8.30. The van der Waals surface area contributed by atoms with Crippen LogP contribution in [-0.4, -0.2) is 17.6 Å². The minimum Gasteiger partial charge on any atom is -0.367 e. The number of hydrogen-bond donors (Lipinski definition) is 2. The van der Waals surface area contributed by atoms with Crippen LogP contribution in [0.15, 0.2) is 24.5 Å². The van der Waals surface area contributed by atoms with E-state index in [0.717, 1.165) is 12.0 Å². The predicted molar refractivity (Wildman–Crippen MR) is 57.9 cm³/mol. The number of piperidine rings is 1. The summed E-state index contributed by atoms with van der Waals surface area (Å²) in [6.45, 7) is 1.20. The molecule has 1 aliphatic heterocycles. The Bertz CT molecular complexity index is 337. The van der Waals surface area contributed by atoms with Crippen molar-refractivity contribution in [2.75, 3.05) is 6.54 Å². The Balaban J connectivity index is 1.90. The summed E-state index contributed by atoms with van der Waals surface area (Å²) in [6.07, 6.45) is 10.5. The summed E-state index contributed by atoms with van der Waals surface area (Å²) in [5.41, 5.74) is 2.91. The fourth-order valence-corrected chi connectivity index (χ4v) is 2.70. The summed E-state index contributed by atoms with van der Waals surface area (Å²) in [5, 5.41) is 3.59. The Kier molecular flexibility index (Phi) is 1.95. The van der Waals surface area contributed by atoms with Gasteiger partial charge < -0.3 is 10.3 Å². The Hall–Kier alpha value is -1.02. The number of rotatable bonds is 1. The molecule has 2 aliphatic rings. The van der Waals surface area contributed by atoms with Gasteiger partial charge >= 0.3 is 0 Å². The van der Waals surface area contributed by atoms with Crippen LogP contribution in [0.2, 0.25) is 0 Å². The highest BCUT2D eigenvalue weighted by molar-refractivity contribution is 5.66. The highest BCUT2D eigenvalue weighted by Crippen LogP contribution is 2.33. The smallest absolute Gasteiger partial charge is 0.0113 e. The average Bonchev–Trinajstić information content (AvgIpc) is 2.69. The molecule has 2 heteroatoms. The second-order valence-corrected chi connectivity index (χ2v) is 4.43. The lowest BCUT2D eigenvalue weighted by Crippen LogP contribution is -2.39. The highest BCUT2D eigenvalue weighted by atomic mass is 14.9. The summed E-state index contributed by atoms with van der Waals surface area (Å²) in [7, 11) is 0. The van der Waals surface area contributed by atoms with Gasteiger partial charge in [0.15, 0.2) is 0 Å². The summed E-state index contributed by atoms with van der Waals surface area (Å²) < 4.78 is 0. The van der Waals surface area contributed by atoms with Gasteiger partial charge in [-0.25, -0.2) is 0 Å². The molecule has 2 unspecified atom stereocenters. The number of H-pyrrole nitrogens is 1. The molecule has 74 valence electrons. The lowest BCUT2D eigenvalue weighted by molar-refractivity contribution is 0.335. The number of aromatic nitrogens is 1. The van der Waals surface area contributed by atoms with Crippen LogP contribution in [0.1, 0.15) is 24.8 Å². The second kappa shape index (κ2) is 3.28. The minimum atomic E-state index is 0.726. The van der Waals surface area contributed by atoms with E-state index in [9.17, 15) is 0 Å². The first-order valence-electron chi connectivity index (χ1n) is 5.49. The molecule has 2 atom stereocenters. The summed E-state index contributed by atoms with van der Waals surface area (Å²) in [5.74, 6) is 0.819. The summed E-state index contributed by atoms with van der Waals surface area (Å²) in [4.78, 5) is 3.13. The molecular weight excluding hydrogens is 172 g/mol. The highest BCUT2D eigenvalue weighted by Gasteiger charge is 2.26. The Morgan fingerprint density at radius 3 is 3.14 bits per heavy atom. The van der Waals surface area contributed by atoms with Gasteiger partial charge in [0, 0.05) is 18.4 Å². The molecule has 0 saturated carbocycles. The van der Waals surface area contributed by atoms with E-state index >= 15 is 0 Å². The van der Waals surface area contributed by atoms with Gasteiger partial charge in [0.25, 0.3) is 0 Å². The third-order valence-electron chi connectivity index (χ3n) is 3.41. The van der Waals surface area contributed by atoms with Gasteiger partial charge in [0.05, 0.1) is 0 Å². The molecule has 1 aliphatic carbocycles. The van der Waals surface area contributed by atoms with Crippen LogP contribution in [0.3, 0.4) is 0 Å². The molecule has 1 aromatic rings. The molecule has 1 fully saturated rings. The van der Waals surface area contributed by atoms with Gasteiger partial charge in [-0.1, -0.05) is 6.08 Å². The number of nitrogens with one attached hydrogen (secondary N) is 2. The third kappa shape index (κ3) is 1.40. The fourth-order valence-electron chi connectivity index (χ4n) is 2.70. The Morgan fingerprint density at radius 1 is 1.36 bits per heavy atom. The van der Waals surface area contributed by atoms with Gasteiger partial charge in [-0.3, -0.25) is 0 Å². The van der Waals surface area contributed by atoms with Gasteiger partial charge in [-0.2, -0.15) is 0 Å². The second-order valence-electron chi connectivity index (χ2n) is 4.43. The molecule has 1 saturated heterocycles. The van der Waals surface area contributed by atoms with E-state index in [1.165, 1.54) is 36.9 Å². The summed E-state index contributed by atoms with van der Waals surface area (Å²) in [6, 6.07) is 2.90. The molecule has 14 heavy (non-hydrogen) atoms. The largest absolute Gasteiger partial charge is 0.367 e. The minimum absolute atomic E-state index is 0.726. The molecule has 0 spiro atoms. The molecule has 0 radical (unpaired) electrons. The van der Waals surface area contributed by atoms with Crippen LogP contribution in [0.5, 0.6) is 0 Å². The SMILES string of the molecule is C1=C(c2cc[nH]c2)CC2CC1CCN2. The number of fused-ring (bicyclic) bond motifs is 2. The van der Waals surface area contributed by atoms with E-state index < -0.39 is 0 Å².